The molecule has 7 aromatic carbocycles. The fourth-order valence-electron chi connectivity index (χ4n) is 6.17. The second kappa shape index (κ2) is 12.6. The normalized spacial score (nSPS) is 10.9. The number of nitriles is 1. The molecule has 0 aliphatic heterocycles. The molecule has 0 bridgehead atoms. The van der Waals surface area contributed by atoms with Gasteiger partial charge in [-0.2, -0.15) is 5.26 Å². The average Bonchev–Trinajstić information content (AvgIpc) is 3.18. The van der Waals surface area contributed by atoms with Crippen molar-refractivity contribution in [3.8, 4) is 73.6 Å². The third-order valence-electron chi connectivity index (χ3n) is 8.58. The number of aromatic nitrogens is 3. The predicted molar refractivity (Wildman–Crippen MR) is 195 cm³/mol. The molecule has 48 heavy (non-hydrogen) atoms. The summed E-state index contributed by atoms with van der Waals surface area (Å²) in [5.41, 5.74) is 10.2. The molecule has 0 aliphatic carbocycles. The highest BCUT2D eigenvalue weighted by molar-refractivity contribution is 6.05. The minimum atomic E-state index is 0.630. The van der Waals surface area contributed by atoms with E-state index in [2.05, 4.69) is 91.0 Å². The molecule has 0 aliphatic rings. The van der Waals surface area contributed by atoms with Crippen LogP contribution in [0.4, 0.5) is 0 Å². The molecule has 0 saturated carbocycles. The Labute approximate surface area is 279 Å². The van der Waals surface area contributed by atoms with Crippen LogP contribution >= 0.6 is 0 Å². The molecule has 224 valence electrons. The maximum atomic E-state index is 9.22. The molecule has 1 heterocycles. The van der Waals surface area contributed by atoms with Gasteiger partial charge in [-0.15, -0.1) is 0 Å². The van der Waals surface area contributed by atoms with Crippen molar-refractivity contribution in [2.45, 2.75) is 0 Å². The Kier molecular flexibility index (Phi) is 7.54. The van der Waals surface area contributed by atoms with Gasteiger partial charge in [-0.3, -0.25) is 0 Å². The van der Waals surface area contributed by atoms with E-state index in [-0.39, 0.29) is 0 Å². The highest BCUT2D eigenvalue weighted by Crippen LogP contribution is 2.38. The molecule has 0 atom stereocenters. The van der Waals surface area contributed by atoms with Gasteiger partial charge >= 0.3 is 0 Å². The number of nitrogens with zero attached hydrogens (tertiary/aromatic N) is 4. The number of hydrogen-bond donors (Lipinski definition) is 0. The van der Waals surface area contributed by atoms with Crippen molar-refractivity contribution in [3.05, 3.63) is 175 Å². The summed E-state index contributed by atoms with van der Waals surface area (Å²) >= 11 is 0. The van der Waals surface area contributed by atoms with Crippen LogP contribution in [0.5, 0.6) is 0 Å². The van der Waals surface area contributed by atoms with Gasteiger partial charge < -0.3 is 0 Å². The minimum absolute atomic E-state index is 0.630. The van der Waals surface area contributed by atoms with Crippen LogP contribution in [0.25, 0.3) is 78.3 Å². The SMILES string of the molecule is N#Cc1ccc(-c2cccc(-c3ccc(-c4cccc(-c5nc(-c6ccccc6)nc(-c6ccccc6)n5)c4)c4ccccc34)c2)cc1. The summed E-state index contributed by atoms with van der Waals surface area (Å²) in [7, 11) is 0. The van der Waals surface area contributed by atoms with Crippen molar-refractivity contribution in [3.63, 3.8) is 0 Å². The molecule has 0 spiro atoms. The van der Waals surface area contributed by atoms with E-state index >= 15 is 0 Å². The van der Waals surface area contributed by atoms with E-state index in [0.29, 0.717) is 23.0 Å². The fraction of sp³-hybridized carbons (Fsp3) is 0. The molecule has 8 aromatic rings. The van der Waals surface area contributed by atoms with Crippen molar-refractivity contribution >= 4 is 10.8 Å². The Morgan fingerprint density at radius 2 is 0.750 bits per heavy atom. The summed E-state index contributed by atoms with van der Waals surface area (Å²) in [6, 6.07) is 60.1. The van der Waals surface area contributed by atoms with E-state index in [0.717, 1.165) is 44.5 Å². The van der Waals surface area contributed by atoms with Crippen molar-refractivity contribution in [2.75, 3.05) is 0 Å². The van der Waals surface area contributed by atoms with Crippen molar-refractivity contribution in [1.82, 2.24) is 15.0 Å². The summed E-state index contributed by atoms with van der Waals surface area (Å²) in [6.45, 7) is 0. The lowest BCUT2D eigenvalue weighted by atomic mass is 9.90. The van der Waals surface area contributed by atoms with Gasteiger partial charge in [0.2, 0.25) is 0 Å². The fourth-order valence-corrected chi connectivity index (χ4v) is 6.17. The van der Waals surface area contributed by atoms with Gasteiger partial charge in [-0.05, 0) is 68.4 Å². The van der Waals surface area contributed by atoms with Gasteiger partial charge in [0.05, 0.1) is 11.6 Å². The highest BCUT2D eigenvalue weighted by Gasteiger charge is 2.15. The first-order valence-electron chi connectivity index (χ1n) is 15.8. The molecule has 4 nitrogen and oxygen atoms in total. The second-order valence-electron chi connectivity index (χ2n) is 11.6. The minimum Gasteiger partial charge on any atom is -0.208 e. The number of benzene rings is 7. The predicted octanol–water partition coefficient (Wildman–Crippen LogP) is 10.9. The summed E-state index contributed by atoms with van der Waals surface area (Å²) in [5.74, 6) is 1.91. The summed E-state index contributed by atoms with van der Waals surface area (Å²) in [5, 5.41) is 11.6. The van der Waals surface area contributed by atoms with E-state index in [1.807, 2.05) is 84.9 Å². The molecule has 0 unspecified atom stereocenters. The zero-order chi connectivity index (χ0) is 32.3. The first-order chi connectivity index (χ1) is 23.7. The molecular formula is C44H28N4. The maximum absolute atomic E-state index is 9.22. The number of fused-ring (bicyclic) bond motifs is 1. The lowest BCUT2D eigenvalue weighted by Gasteiger charge is -2.14. The molecule has 0 radical (unpaired) electrons. The van der Waals surface area contributed by atoms with Gasteiger partial charge in [0.1, 0.15) is 0 Å². The lowest BCUT2D eigenvalue weighted by Crippen LogP contribution is -2.00. The van der Waals surface area contributed by atoms with E-state index in [4.69, 9.17) is 15.0 Å². The molecule has 4 heteroatoms. The summed E-state index contributed by atoms with van der Waals surface area (Å²) < 4.78 is 0. The van der Waals surface area contributed by atoms with Gasteiger partial charge in [-0.1, -0.05) is 146 Å². The third-order valence-corrected chi connectivity index (χ3v) is 8.58. The highest BCUT2D eigenvalue weighted by atomic mass is 15.0. The van der Waals surface area contributed by atoms with Gasteiger partial charge in [-0.25, -0.2) is 15.0 Å². The molecule has 0 amide bonds. The standard InChI is InChI=1S/C44H28N4/c45-29-30-21-23-31(24-22-30)34-15-9-16-35(27-34)38-25-26-39(41-20-8-7-19-40(38)41)36-17-10-18-37(28-36)44-47-42(32-11-3-1-4-12-32)46-43(48-44)33-13-5-2-6-14-33/h1-28H. The van der Waals surface area contributed by atoms with Crippen LogP contribution in [0.2, 0.25) is 0 Å². The van der Waals surface area contributed by atoms with Gasteiger partial charge in [0, 0.05) is 16.7 Å². The summed E-state index contributed by atoms with van der Waals surface area (Å²) in [4.78, 5) is 14.8. The number of rotatable bonds is 6. The van der Waals surface area contributed by atoms with Crippen molar-refractivity contribution < 1.29 is 0 Å². The van der Waals surface area contributed by atoms with E-state index < -0.39 is 0 Å². The Morgan fingerprint density at radius 1 is 0.333 bits per heavy atom. The lowest BCUT2D eigenvalue weighted by molar-refractivity contribution is 1.07. The molecule has 1 aromatic heterocycles. The maximum Gasteiger partial charge on any atom is 0.164 e. The van der Waals surface area contributed by atoms with Crippen LogP contribution < -0.4 is 0 Å². The smallest absolute Gasteiger partial charge is 0.164 e. The van der Waals surface area contributed by atoms with E-state index in [1.165, 1.54) is 16.3 Å². The number of hydrogen-bond acceptors (Lipinski definition) is 4. The Hall–Kier alpha value is -6.70. The van der Waals surface area contributed by atoms with Crippen LogP contribution in [0.15, 0.2) is 170 Å². The van der Waals surface area contributed by atoms with Gasteiger partial charge in [0.15, 0.2) is 17.5 Å². The van der Waals surface area contributed by atoms with E-state index in [1.54, 1.807) is 0 Å². The molecular weight excluding hydrogens is 585 g/mol. The monoisotopic (exact) mass is 612 g/mol. The van der Waals surface area contributed by atoms with Crippen LogP contribution in [-0.2, 0) is 0 Å². The van der Waals surface area contributed by atoms with Crippen molar-refractivity contribution in [2.24, 2.45) is 0 Å². The van der Waals surface area contributed by atoms with Crippen LogP contribution in [-0.4, -0.2) is 15.0 Å². The average molecular weight is 613 g/mol. The molecule has 8 rings (SSSR count). The second-order valence-corrected chi connectivity index (χ2v) is 11.6. The first kappa shape index (κ1) is 28.8. The zero-order valence-electron chi connectivity index (χ0n) is 26.0. The Morgan fingerprint density at radius 3 is 1.27 bits per heavy atom. The van der Waals surface area contributed by atoms with Crippen LogP contribution in [0, 0.1) is 11.3 Å². The van der Waals surface area contributed by atoms with Crippen molar-refractivity contribution in [1.29, 1.82) is 5.26 Å². The largest absolute Gasteiger partial charge is 0.208 e. The quantitative estimate of drug-likeness (QED) is 0.187. The van der Waals surface area contributed by atoms with E-state index in [9.17, 15) is 5.26 Å². The van der Waals surface area contributed by atoms with Gasteiger partial charge in [0.25, 0.3) is 0 Å². The molecule has 0 N–H and O–H groups in total. The Balaban J connectivity index is 1.22. The first-order valence-corrected chi connectivity index (χ1v) is 15.8. The topological polar surface area (TPSA) is 62.5 Å². The third kappa shape index (κ3) is 5.62. The van der Waals surface area contributed by atoms with Crippen LogP contribution in [0.1, 0.15) is 5.56 Å². The molecule has 0 fully saturated rings. The summed E-state index contributed by atoms with van der Waals surface area (Å²) in [6.07, 6.45) is 0. The zero-order valence-corrected chi connectivity index (χ0v) is 26.0. The molecule has 0 saturated heterocycles. The Bertz CT molecular complexity index is 2390. The van der Waals surface area contributed by atoms with Crippen LogP contribution in [0.3, 0.4) is 0 Å².